The molecule has 1 heterocycles. The highest BCUT2D eigenvalue weighted by atomic mass is 16.5. The van der Waals surface area contributed by atoms with Crippen LogP contribution in [-0.4, -0.2) is 22.1 Å². The Morgan fingerprint density at radius 2 is 2.13 bits per heavy atom. The Balaban J connectivity index is 1.61. The van der Waals surface area contributed by atoms with Gasteiger partial charge >= 0.3 is 5.97 Å². The Morgan fingerprint density at radius 1 is 1.35 bits per heavy atom. The number of hydrogen-bond donors (Lipinski definition) is 3. The number of nitrogens with zero attached hydrogens (tertiary/aromatic N) is 1. The van der Waals surface area contributed by atoms with E-state index in [1.54, 1.807) is 6.07 Å². The number of nitrogens with one attached hydrogen (secondary N) is 1. The zero-order valence-corrected chi connectivity index (χ0v) is 12.6. The number of carboxylic acids is 1. The largest absolute Gasteiger partial charge is 0.481 e. The van der Waals surface area contributed by atoms with E-state index < -0.39 is 11.9 Å². The number of benzene rings is 1. The third kappa shape index (κ3) is 3.28. The number of aromatic nitrogens is 1. The van der Waals surface area contributed by atoms with Crippen molar-refractivity contribution in [3.05, 3.63) is 23.8 Å². The minimum atomic E-state index is -0.809. The molecular weight excluding hydrogens is 298 g/mol. The fraction of sp³-hybridized carbons (Fsp3) is 0.438. The first kappa shape index (κ1) is 15.3. The maximum Gasteiger partial charge on any atom is 0.306 e. The molecule has 7 heteroatoms. The van der Waals surface area contributed by atoms with Crippen molar-refractivity contribution in [1.29, 1.82) is 0 Å². The first-order valence-corrected chi connectivity index (χ1v) is 7.69. The zero-order chi connectivity index (χ0) is 16.4. The van der Waals surface area contributed by atoms with Crippen LogP contribution in [0.3, 0.4) is 0 Å². The number of anilines is 1. The van der Waals surface area contributed by atoms with Gasteiger partial charge in [-0.2, -0.15) is 0 Å². The van der Waals surface area contributed by atoms with Crippen LogP contribution in [0.1, 0.15) is 31.2 Å². The van der Waals surface area contributed by atoms with Crippen LogP contribution >= 0.6 is 0 Å². The standard InChI is InChI=1S/C16H19N3O4/c17-14-12-6-9(4-5-13(12)23-19-14)8-18-15(20)10-2-1-3-11(7-10)16(21)22/h4-6,10-11H,1-3,7-8H2,(H2,17,19)(H,18,20)(H,21,22)/t10-,11+/m1/s1. The summed E-state index contributed by atoms with van der Waals surface area (Å²) < 4.78 is 5.04. The summed E-state index contributed by atoms with van der Waals surface area (Å²) in [5.74, 6) is -1.21. The highest BCUT2D eigenvalue weighted by Gasteiger charge is 2.30. The molecular formula is C16H19N3O4. The summed E-state index contributed by atoms with van der Waals surface area (Å²) in [5.41, 5.74) is 7.21. The second kappa shape index (κ2) is 6.28. The van der Waals surface area contributed by atoms with Crippen molar-refractivity contribution < 1.29 is 19.2 Å². The summed E-state index contributed by atoms with van der Waals surface area (Å²) in [7, 11) is 0. The molecule has 0 bridgehead atoms. The number of nitrogens with two attached hydrogens (primary N) is 1. The van der Waals surface area contributed by atoms with Gasteiger partial charge in [0.2, 0.25) is 5.91 Å². The van der Waals surface area contributed by atoms with Crippen molar-refractivity contribution in [3.63, 3.8) is 0 Å². The molecule has 1 aromatic heterocycles. The van der Waals surface area contributed by atoms with E-state index in [0.29, 0.717) is 30.8 Å². The van der Waals surface area contributed by atoms with Gasteiger partial charge < -0.3 is 20.7 Å². The molecule has 1 aliphatic carbocycles. The molecule has 7 nitrogen and oxygen atoms in total. The minimum absolute atomic E-state index is 0.0886. The van der Waals surface area contributed by atoms with E-state index in [4.69, 9.17) is 15.4 Å². The van der Waals surface area contributed by atoms with Gasteiger partial charge in [-0.1, -0.05) is 17.6 Å². The molecule has 1 aromatic carbocycles. The van der Waals surface area contributed by atoms with E-state index in [1.807, 2.05) is 12.1 Å². The lowest BCUT2D eigenvalue weighted by Crippen LogP contribution is -2.35. The molecule has 0 unspecified atom stereocenters. The number of carboxylic acid groups (broad SMARTS) is 1. The molecule has 3 rings (SSSR count). The van der Waals surface area contributed by atoms with Gasteiger partial charge in [0.15, 0.2) is 11.4 Å². The molecule has 4 N–H and O–H groups in total. The van der Waals surface area contributed by atoms with Gasteiger partial charge in [-0.3, -0.25) is 9.59 Å². The summed E-state index contributed by atoms with van der Waals surface area (Å²) in [4.78, 5) is 23.3. The quantitative estimate of drug-likeness (QED) is 0.792. The smallest absolute Gasteiger partial charge is 0.306 e. The second-order valence-corrected chi connectivity index (χ2v) is 6.01. The van der Waals surface area contributed by atoms with Crippen LogP contribution in [0.2, 0.25) is 0 Å². The number of fused-ring (bicyclic) bond motifs is 1. The molecule has 2 atom stereocenters. The van der Waals surface area contributed by atoms with Gasteiger partial charge in [-0.25, -0.2) is 0 Å². The summed E-state index contributed by atoms with van der Waals surface area (Å²) in [6, 6.07) is 5.44. The predicted molar refractivity (Wildman–Crippen MR) is 83.4 cm³/mol. The second-order valence-electron chi connectivity index (χ2n) is 6.01. The average Bonchev–Trinajstić information content (AvgIpc) is 2.93. The molecule has 2 aromatic rings. The first-order chi connectivity index (χ1) is 11.0. The number of carbonyl (C=O) groups is 2. The maximum atomic E-state index is 12.3. The van der Waals surface area contributed by atoms with Crippen LogP contribution < -0.4 is 11.1 Å². The van der Waals surface area contributed by atoms with E-state index in [1.165, 1.54) is 0 Å². The monoisotopic (exact) mass is 317 g/mol. The third-order valence-corrected chi connectivity index (χ3v) is 4.42. The van der Waals surface area contributed by atoms with Gasteiger partial charge in [-0.05, 0) is 37.0 Å². The Morgan fingerprint density at radius 3 is 2.91 bits per heavy atom. The summed E-state index contributed by atoms with van der Waals surface area (Å²) in [6.07, 6.45) is 2.59. The minimum Gasteiger partial charge on any atom is -0.481 e. The number of nitrogen functional groups attached to an aromatic ring is 1. The lowest BCUT2D eigenvalue weighted by molar-refractivity contribution is -0.144. The molecule has 1 aliphatic rings. The van der Waals surface area contributed by atoms with Crippen molar-refractivity contribution in [3.8, 4) is 0 Å². The highest BCUT2D eigenvalue weighted by molar-refractivity contribution is 5.87. The zero-order valence-electron chi connectivity index (χ0n) is 12.6. The van der Waals surface area contributed by atoms with Crippen molar-refractivity contribution in [2.45, 2.75) is 32.2 Å². The Hall–Kier alpha value is -2.57. The van der Waals surface area contributed by atoms with E-state index in [-0.39, 0.29) is 11.8 Å². The van der Waals surface area contributed by atoms with Gasteiger partial charge in [0.1, 0.15) is 0 Å². The number of carbonyl (C=O) groups excluding carboxylic acids is 1. The van der Waals surface area contributed by atoms with E-state index >= 15 is 0 Å². The summed E-state index contributed by atoms with van der Waals surface area (Å²) >= 11 is 0. The molecule has 122 valence electrons. The molecule has 1 amide bonds. The number of aliphatic carboxylic acids is 1. The molecule has 23 heavy (non-hydrogen) atoms. The SMILES string of the molecule is Nc1noc2ccc(CNC(=O)[C@@H]3CCC[C@H](C(=O)O)C3)cc12. The summed E-state index contributed by atoms with van der Waals surface area (Å²) in [5, 5.41) is 16.4. The molecule has 1 saturated carbocycles. The number of amides is 1. The molecule has 1 fully saturated rings. The van der Waals surface area contributed by atoms with Crippen molar-refractivity contribution >= 4 is 28.7 Å². The fourth-order valence-electron chi connectivity index (χ4n) is 3.10. The number of rotatable bonds is 4. The Labute approximate surface area is 132 Å². The highest BCUT2D eigenvalue weighted by Crippen LogP contribution is 2.29. The topological polar surface area (TPSA) is 118 Å². The van der Waals surface area contributed by atoms with E-state index in [2.05, 4.69) is 10.5 Å². The Kier molecular flexibility index (Phi) is 4.18. The maximum absolute atomic E-state index is 12.3. The van der Waals surface area contributed by atoms with Crippen LogP contribution in [0.15, 0.2) is 22.7 Å². The van der Waals surface area contributed by atoms with Crippen LogP contribution in [0.4, 0.5) is 5.82 Å². The fourth-order valence-corrected chi connectivity index (χ4v) is 3.10. The van der Waals surface area contributed by atoms with Crippen molar-refractivity contribution in [2.75, 3.05) is 5.73 Å². The lowest BCUT2D eigenvalue weighted by atomic mass is 9.81. The lowest BCUT2D eigenvalue weighted by Gasteiger charge is -2.25. The molecule has 0 radical (unpaired) electrons. The van der Waals surface area contributed by atoms with Crippen molar-refractivity contribution in [1.82, 2.24) is 10.5 Å². The normalized spacial score (nSPS) is 21.2. The summed E-state index contributed by atoms with van der Waals surface area (Å²) in [6.45, 7) is 0.369. The van der Waals surface area contributed by atoms with E-state index in [9.17, 15) is 9.59 Å². The van der Waals surface area contributed by atoms with Crippen LogP contribution in [-0.2, 0) is 16.1 Å². The van der Waals surface area contributed by atoms with Gasteiger partial charge in [0, 0.05) is 12.5 Å². The number of hydrogen-bond acceptors (Lipinski definition) is 5. The predicted octanol–water partition coefficient (Wildman–Crippen LogP) is 1.92. The van der Waals surface area contributed by atoms with Crippen molar-refractivity contribution in [2.24, 2.45) is 11.8 Å². The van der Waals surface area contributed by atoms with Gasteiger partial charge in [-0.15, -0.1) is 0 Å². The molecule has 0 spiro atoms. The van der Waals surface area contributed by atoms with Gasteiger partial charge in [0.25, 0.3) is 0 Å². The Bertz CT molecular complexity index is 740. The van der Waals surface area contributed by atoms with Crippen LogP contribution in [0.25, 0.3) is 11.0 Å². The molecule has 0 aliphatic heterocycles. The first-order valence-electron chi connectivity index (χ1n) is 7.69. The average molecular weight is 317 g/mol. The van der Waals surface area contributed by atoms with E-state index in [0.717, 1.165) is 23.8 Å². The van der Waals surface area contributed by atoms with Crippen LogP contribution in [0.5, 0.6) is 0 Å². The third-order valence-electron chi connectivity index (χ3n) is 4.42. The molecule has 0 saturated heterocycles. The van der Waals surface area contributed by atoms with Gasteiger partial charge in [0.05, 0.1) is 11.3 Å². The van der Waals surface area contributed by atoms with Crippen LogP contribution in [0, 0.1) is 11.8 Å².